The third kappa shape index (κ3) is 9.63. The van der Waals surface area contributed by atoms with E-state index in [1.165, 1.54) is 25.7 Å². The summed E-state index contributed by atoms with van der Waals surface area (Å²) in [7, 11) is 3.25. The van der Waals surface area contributed by atoms with E-state index >= 15 is 0 Å². The fraction of sp³-hybridized carbons (Fsp3) is 0.640. The zero-order valence-electron chi connectivity index (χ0n) is 21.6. The molecular weight excluding hydrogens is 462 g/mol. The van der Waals surface area contributed by atoms with E-state index in [9.17, 15) is 0 Å². The van der Waals surface area contributed by atoms with Gasteiger partial charge >= 0.3 is 0 Å². The van der Waals surface area contributed by atoms with Crippen LogP contribution in [-0.4, -0.2) is 74.7 Å². The van der Waals surface area contributed by atoms with Crippen molar-refractivity contribution in [1.29, 1.82) is 0 Å². The SMILES string of the molecule is COc1ccc(CNc2nc(NCCOCCOCCN)nc(NC3CCCCCC3)n2)cc1OC. The molecule has 1 aliphatic rings. The zero-order chi connectivity index (χ0) is 25.4. The van der Waals surface area contributed by atoms with Gasteiger partial charge in [0.05, 0.1) is 40.6 Å². The van der Waals surface area contributed by atoms with Crippen LogP contribution < -0.4 is 31.2 Å². The Morgan fingerprint density at radius 3 is 2.17 bits per heavy atom. The van der Waals surface area contributed by atoms with E-state index in [0.717, 1.165) is 18.4 Å². The molecule has 0 unspecified atom stereocenters. The highest BCUT2D eigenvalue weighted by Crippen LogP contribution is 2.28. The molecule has 1 aromatic heterocycles. The summed E-state index contributed by atoms with van der Waals surface area (Å²) in [5, 5.41) is 10.1. The molecule has 0 aliphatic heterocycles. The number of methoxy groups -OCH3 is 2. The first-order valence-corrected chi connectivity index (χ1v) is 12.8. The van der Waals surface area contributed by atoms with E-state index in [4.69, 9.17) is 24.7 Å². The molecular formula is C25H41N7O4. The summed E-state index contributed by atoms with van der Waals surface area (Å²) < 4.78 is 21.6. The maximum absolute atomic E-state index is 5.59. The van der Waals surface area contributed by atoms with Crippen molar-refractivity contribution >= 4 is 17.8 Å². The number of ether oxygens (including phenoxy) is 4. The summed E-state index contributed by atoms with van der Waals surface area (Å²) in [5.41, 5.74) is 6.43. The topological polar surface area (TPSA) is 138 Å². The van der Waals surface area contributed by atoms with E-state index in [1.807, 2.05) is 18.2 Å². The Hall–Kier alpha value is -2.89. The fourth-order valence-electron chi connectivity index (χ4n) is 4.02. The number of nitrogens with one attached hydrogen (secondary N) is 3. The van der Waals surface area contributed by atoms with Crippen molar-refractivity contribution in [1.82, 2.24) is 15.0 Å². The second-order valence-corrected chi connectivity index (χ2v) is 8.62. The Morgan fingerprint density at radius 1 is 0.806 bits per heavy atom. The molecule has 0 bridgehead atoms. The number of nitrogens with zero attached hydrogens (tertiary/aromatic N) is 3. The van der Waals surface area contributed by atoms with Crippen molar-refractivity contribution in [3.8, 4) is 11.5 Å². The lowest BCUT2D eigenvalue weighted by Gasteiger charge is -2.17. The van der Waals surface area contributed by atoms with Crippen LogP contribution in [0.5, 0.6) is 11.5 Å². The first-order valence-electron chi connectivity index (χ1n) is 12.8. The molecule has 0 radical (unpaired) electrons. The van der Waals surface area contributed by atoms with Crippen molar-refractivity contribution in [2.24, 2.45) is 5.73 Å². The normalized spacial score (nSPS) is 14.2. The molecule has 1 saturated carbocycles. The lowest BCUT2D eigenvalue weighted by molar-refractivity contribution is 0.0547. The first kappa shape index (κ1) is 27.7. The lowest BCUT2D eigenvalue weighted by atomic mass is 10.1. The van der Waals surface area contributed by atoms with Crippen LogP contribution in [0.25, 0.3) is 0 Å². The maximum Gasteiger partial charge on any atom is 0.229 e. The molecule has 1 aliphatic carbocycles. The largest absolute Gasteiger partial charge is 0.493 e. The second-order valence-electron chi connectivity index (χ2n) is 8.62. The highest BCUT2D eigenvalue weighted by molar-refractivity contribution is 5.46. The molecule has 11 heteroatoms. The average Bonchev–Trinajstić information content (AvgIpc) is 3.17. The van der Waals surface area contributed by atoms with E-state index in [-0.39, 0.29) is 0 Å². The van der Waals surface area contributed by atoms with Gasteiger partial charge in [0.15, 0.2) is 11.5 Å². The van der Waals surface area contributed by atoms with Crippen molar-refractivity contribution < 1.29 is 18.9 Å². The van der Waals surface area contributed by atoms with Crippen LogP contribution >= 0.6 is 0 Å². The van der Waals surface area contributed by atoms with Gasteiger partial charge < -0.3 is 40.6 Å². The number of rotatable bonds is 16. The highest BCUT2D eigenvalue weighted by Gasteiger charge is 2.15. The number of hydrogen-bond acceptors (Lipinski definition) is 11. The van der Waals surface area contributed by atoms with Gasteiger partial charge in [-0.25, -0.2) is 0 Å². The minimum absolute atomic E-state index is 0.373. The first-order chi connectivity index (χ1) is 17.7. The fourth-order valence-corrected chi connectivity index (χ4v) is 4.02. The summed E-state index contributed by atoms with van der Waals surface area (Å²) >= 11 is 0. The molecule has 5 N–H and O–H groups in total. The molecule has 3 rings (SSSR count). The molecule has 36 heavy (non-hydrogen) atoms. The van der Waals surface area contributed by atoms with Gasteiger partial charge in [0.2, 0.25) is 17.8 Å². The Kier molecular flexibility index (Phi) is 12.3. The number of aromatic nitrogens is 3. The van der Waals surface area contributed by atoms with Gasteiger partial charge in [-0.2, -0.15) is 15.0 Å². The van der Waals surface area contributed by atoms with Crippen LogP contribution in [0, 0.1) is 0 Å². The van der Waals surface area contributed by atoms with Gasteiger partial charge in [-0.3, -0.25) is 0 Å². The van der Waals surface area contributed by atoms with Crippen LogP contribution in [0.15, 0.2) is 18.2 Å². The second kappa shape index (κ2) is 16.0. The Morgan fingerprint density at radius 2 is 1.47 bits per heavy atom. The summed E-state index contributed by atoms with van der Waals surface area (Å²) in [6.45, 7) is 3.71. The summed E-state index contributed by atoms with van der Waals surface area (Å²) in [5.74, 6) is 2.94. The third-order valence-corrected chi connectivity index (χ3v) is 5.89. The van der Waals surface area contributed by atoms with Crippen LogP contribution in [0.2, 0.25) is 0 Å². The van der Waals surface area contributed by atoms with Crippen LogP contribution in [0.1, 0.15) is 44.1 Å². The molecule has 1 heterocycles. The summed E-state index contributed by atoms with van der Waals surface area (Å²) in [6.07, 6.45) is 7.29. The summed E-state index contributed by atoms with van der Waals surface area (Å²) in [6, 6.07) is 6.17. The van der Waals surface area contributed by atoms with Gasteiger partial charge in [-0.15, -0.1) is 0 Å². The van der Waals surface area contributed by atoms with E-state index < -0.39 is 0 Å². The zero-order valence-corrected chi connectivity index (χ0v) is 21.6. The number of anilines is 3. The predicted molar refractivity (Wildman–Crippen MR) is 141 cm³/mol. The van der Waals surface area contributed by atoms with Gasteiger partial charge in [-0.05, 0) is 30.5 Å². The third-order valence-electron chi connectivity index (χ3n) is 5.89. The van der Waals surface area contributed by atoms with Gasteiger partial charge in [0, 0.05) is 25.7 Å². The standard InChI is InChI=1S/C25H41N7O4/c1-33-21-10-9-19(17-22(21)34-2)18-28-24-30-23(27-12-14-36-16-15-35-13-11-26)31-25(32-24)29-20-7-5-3-4-6-8-20/h9-10,17,20H,3-8,11-16,18,26H2,1-2H3,(H3,27,28,29,30,31,32). The Bertz CT molecular complexity index is 895. The van der Waals surface area contributed by atoms with E-state index in [2.05, 4.69) is 30.9 Å². The molecule has 0 saturated heterocycles. The van der Waals surface area contributed by atoms with E-state index in [0.29, 0.717) is 81.4 Å². The minimum Gasteiger partial charge on any atom is -0.493 e. The molecule has 1 aromatic carbocycles. The Labute approximate surface area is 213 Å². The summed E-state index contributed by atoms with van der Waals surface area (Å²) in [4.78, 5) is 13.8. The number of benzene rings is 1. The molecule has 11 nitrogen and oxygen atoms in total. The van der Waals surface area contributed by atoms with Crippen molar-refractivity contribution in [2.45, 2.75) is 51.1 Å². The maximum atomic E-state index is 5.59. The van der Waals surface area contributed by atoms with Gasteiger partial charge in [-0.1, -0.05) is 31.7 Å². The average molecular weight is 504 g/mol. The van der Waals surface area contributed by atoms with Gasteiger partial charge in [0.25, 0.3) is 0 Å². The molecule has 0 spiro atoms. The van der Waals surface area contributed by atoms with Crippen molar-refractivity contribution in [3.05, 3.63) is 23.8 Å². The molecule has 0 amide bonds. The van der Waals surface area contributed by atoms with Crippen LogP contribution in [0.3, 0.4) is 0 Å². The smallest absolute Gasteiger partial charge is 0.229 e. The van der Waals surface area contributed by atoms with Gasteiger partial charge in [0.1, 0.15) is 0 Å². The molecule has 2 aromatic rings. The number of hydrogen-bond donors (Lipinski definition) is 4. The number of nitrogens with two attached hydrogens (primary N) is 1. The quantitative estimate of drug-likeness (QED) is 0.199. The van der Waals surface area contributed by atoms with Crippen molar-refractivity contribution in [3.63, 3.8) is 0 Å². The monoisotopic (exact) mass is 503 g/mol. The molecule has 0 atom stereocenters. The van der Waals surface area contributed by atoms with Crippen LogP contribution in [0.4, 0.5) is 17.8 Å². The highest BCUT2D eigenvalue weighted by atomic mass is 16.5. The Balaban J connectivity index is 1.61. The molecule has 200 valence electrons. The van der Waals surface area contributed by atoms with E-state index in [1.54, 1.807) is 14.2 Å². The molecule has 1 fully saturated rings. The predicted octanol–water partition coefficient (Wildman–Crippen LogP) is 3.04. The minimum atomic E-state index is 0.373. The van der Waals surface area contributed by atoms with Crippen LogP contribution in [-0.2, 0) is 16.0 Å². The van der Waals surface area contributed by atoms with Crippen molar-refractivity contribution in [2.75, 3.05) is 69.7 Å². The lowest BCUT2D eigenvalue weighted by Crippen LogP contribution is -2.22.